The third kappa shape index (κ3) is 6.45. The Bertz CT molecular complexity index is 2520. The first kappa shape index (κ1) is 38.1. The number of hydrogen-bond acceptors (Lipinski definition) is 5. The second-order valence-electron chi connectivity index (χ2n) is 15.5. The van der Waals surface area contributed by atoms with Crippen LogP contribution in [0.1, 0.15) is 81.3 Å². The first-order valence-electron chi connectivity index (χ1n) is 19.4. The Kier molecular flexibility index (Phi) is 10.2. The SMILES string of the molecule is Cc1cc(OCCCc2c3n(c4c(-c5c(C)nn(C)c5C)c(Cl)ccc24)[C@H](C)CN(c2cccc4c2cc(C(=O)O)n4CC2CCOCC2)C3=O)cc(C)c1Cl. The molecule has 3 aromatic heterocycles. The lowest BCUT2D eigenvalue weighted by molar-refractivity contribution is 0.0597. The molecule has 3 aromatic carbocycles. The van der Waals surface area contributed by atoms with Gasteiger partial charge in [-0.15, -0.1) is 0 Å². The molecule has 1 amide bonds. The number of aromatic carboxylic acids is 1. The number of carbonyl (C=O) groups excluding carboxylic acids is 1. The van der Waals surface area contributed by atoms with Crippen LogP contribution >= 0.6 is 23.2 Å². The molecule has 0 saturated carbocycles. The number of rotatable bonds is 10. The number of fused-ring (bicyclic) bond motifs is 4. The first-order chi connectivity index (χ1) is 26.8. The van der Waals surface area contributed by atoms with Crippen LogP contribution in [0.4, 0.5) is 5.69 Å². The largest absolute Gasteiger partial charge is 0.494 e. The molecular formula is C44H47Cl2N5O5. The molecule has 2 aliphatic heterocycles. The highest BCUT2D eigenvalue weighted by molar-refractivity contribution is 6.35. The number of amides is 1. The van der Waals surface area contributed by atoms with Crippen molar-refractivity contribution in [1.82, 2.24) is 18.9 Å². The number of benzene rings is 3. The predicted octanol–water partition coefficient (Wildman–Crippen LogP) is 9.89. The summed E-state index contributed by atoms with van der Waals surface area (Å²) in [5, 5.41) is 18.2. The maximum absolute atomic E-state index is 15.2. The summed E-state index contributed by atoms with van der Waals surface area (Å²) in [4.78, 5) is 29.8. The Morgan fingerprint density at radius 1 is 1.00 bits per heavy atom. The van der Waals surface area contributed by atoms with Crippen molar-refractivity contribution in [3.63, 3.8) is 0 Å². The molecular weight excluding hydrogens is 749 g/mol. The Hall–Kier alpha value is -4.77. The fourth-order valence-electron chi connectivity index (χ4n) is 9.00. The average molecular weight is 797 g/mol. The van der Waals surface area contributed by atoms with Crippen LogP contribution in [0.25, 0.3) is 32.9 Å². The van der Waals surface area contributed by atoms with Crippen molar-refractivity contribution in [3.05, 3.63) is 98.0 Å². The Morgan fingerprint density at radius 2 is 1.73 bits per heavy atom. The van der Waals surface area contributed by atoms with Crippen LogP contribution in [0.5, 0.6) is 5.75 Å². The molecule has 0 spiro atoms. The number of carbonyl (C=O) groups is 2. The molecule has 0 bridgehead atoms. The van der Waals surface area contributed by atoms with Crippen molar-refractivity contribution in [1.29, 1.82) is 0 Å². The maximum atomic E-state index is 15.2. The minimum absolute atomic E-state index is 0.137. The topological polar surface area (TPSA) is 104 Å². The molecule has 0 aliphatic carbocycles. The van der Waals surface area contributed by atoms with Crippen LogP contribution < -0.4 is 9.64 Å². The van der Waals surface area contributed by atoms with Gasteiger partial charge in [-0.3, -0.25) is 9.48 Å². The van der Waals surface area contributed by atoms with Crippen LogP contribution in [-0.2, 0) is 24.8 Å². The smallest absolute Gasteiger partial charge is 0.352 e. The second-order valence-corrected chi connectivity index (χ2v) is 16.3. The van der Waals surface area contributed by atoms with Crippen LogP contribution in [0.2, 0.25) is 10.0 Å². The van der Waals surface area contributed by atoms with Gasteiger partial charge in [0.25, 0.3) is 5.91 Å². The van der Waals surface area contributed by atoms with Gasteiger partial charge in [-0.2, -0.15) is 5.10 Å². The molecule has 1 N–H and O–H groups in total. The standard InChI is InChI=1S/C44H47Cl2N5O5/c1-24-19-30(20-25(2)40(24)46)56-16-8-9-31-32-12-13-34(45)39(38-27(4)47-48(6)28(38)5)41(32)51-26(3)22-50(43(52)42(31)51)36-11-7-10-35-33(36)21-37(44(53)54)49(35)23-29-14-17-55-18-15-29/h7,10-13,19-21,26,29H,8-9,14-18,22-23H2,1-6H3,(H,53,54)/t26-/m1/s1. The number of carboxylic acids is 1. The summed E-state index contributed by atoms with van der Waals surface area (Å²) in [6.45, 7) is 12.9. The summed E-state index contributed by atoms with van der Waals surface area (Å²) in [7, 11) is 1.93. The number of nitrogens with zero attached hydrogens (tertiary/aromatic N) is 5. The lowest BCUT2D eigenvalue weighted by atomic mass is 9.98. The molecule has 8 rings (SSSR count). The number of ether oxygens (including phenoxy) is 2. The molecule has 10 nitrogen and oxygen atoms in total. The number of aromatic nitrogens is 4. The molecule has 1 saturated heterocycles. The van der Waals surface area contributed by atoms with Crippen LogP contribution in [0.15, 0.2) is 48.5 Å². The van der Waals surface area contributed by atoms with Gasteiger partial charge in [0.15, 0.2) is 0 Å². The maximum Gasteiger partial charge on any atom is 0.352 e. The van der Waals surface area contributed by atoms with Crippen molar-refractivity contribution < 1.29 is 24.2 Å². The van der Waals surface area contributed by atoms with E-state index in [4.69, 9.17) is 37.8 Å². The second kappa shape index (κ2) is 15.0. The Morgan fingerprint density at radius 3 is 2.41 bits per heavy atom. The monoisotopic (exact) mass is 795 g/mol. The van der Waals surface area contributed by atoms with Crippen molar-refractivity contribution in [2.75, 3.05) is 31.3 Å². The highest BCUT2D eigenvalue weighted by Gasteiger charge is 2.38. The highest BCUT2D eigenvalue weighted by atomic mass is 35.5. The summed E-state index contributed by atoms with van der Waals surface area (Å²) < 4.78 is 17.8. The summed E-state index contributed by atoms with van der Waals surface area (Å²) in [5.74, 6) is -0.0574. The normalized spacial score (nSPS) is 16.3. The van der Waals surface area contributed by atoms with Crippen molar-refractivity contribution in [2.45, 2.75) is 72.9 Å². The summed E-state index contributed by atoms with van der Waals surface area (Å²) >= 11 is 13.6. The van der Waals surface area contributed by atoms with Crippen LogP contribution in [0, 0.1) is 33.6 Å². The van der Waals surface area contributed by atoms with Gasteiger partial charge in [-0.25, -0.2) is 4.79 Å². The van der Waals surface area contributed by atoms with E-state index in [1.165, 1.54) is 0 Å². The number of carboxylic acid groups (broad SMARTS) is 1. The van der Waals surface area contributed by atoms with Gasteiger partial charge in [0.2, 0.25) is 0 Å². The molecule has 0 unspecified atom stereocenters. The minimum Gasteiger partial charge on any atom is -0.494 e. The fraction of sp³-hybridized carbons (Fsp3) is 0.386. The van der Waals surface area contributed by atoms with E-state index in [1.807, 2.05) is 91.4 Å². The molecule has 1 fully saturated rings. The zero-order valence-corrected chi connectivity index (χ0v) is 34.2. The summed E-state index contributed by atoms with van der Waals surface area (Å²) in [6, 6.07) is 15.3. The van der Waals surface area contributed by atoms with Gasteiger partial charge >= 0.3 is 5.97 Å². The third-order valence-electron chi connectivity index (χ3n) is 11.8. The lowest BCUT2D eigenvalue weighted by Gasteiger charge is -2.34. The van der Waals surface area contributed by atoms with E-state index in [9.17, 15) is 9.90 Å². The van der Waals surface area contributed by atoms with Crippen molar-refractivity contribution >= 4 is 62.6 Å². The van der Waals surface area contributed by atoms with E-state index in [0.29, 0.717) is 68.1 Å². The van der Waals surface area contributed by atoms with Gasteiger partial charge < -0.3 is 28.6 Å². The molecule has 2 aliphatic rings. The van der Waals surface area contributed by atoms with Crippen molar-refractivity contribution in [2.24, 2.45) is 13.0 Å². The lowest BCUT2D eigenvalue weighted by Crippen LogP contribution is -2.42. The minimum atomic E-state index is -0.989. The van der Waals surface area contributed by atoms with Gasteiger partial charge in [-0.1, -0.05) is 35.3 Å². The molecule has 5 heterocycles. The van der Waals surface area contributed by atoms with Gasteiger partial charge in [0, 0.05) is 72.0 Å². The third-order valence-corrected chi connectivity index (χ3v) is 12.7. The molecule has 292 valence electrons. The summed E-state index contributed by atoms with van der Waals surface area (Å²) in [5.41, 5.74) is 9.79. The van der Waals surface area contributed by atoms with Crippen LogP contribution in [-0.4, -0.2) is 62.3 Å². The fourth-order valence-corrected chi connectivity index (χ4v) is 9.36. The van der Waals surface area contributed by atoms with Gasteiger partial charge in [0.05, 0.1) is 34.0 Å². The van der Waals surface area contributed by atoms with Crippen molar-refractivity contribution in [3.8, 4) is 16.9 Å². The Balaban J connectivity index is 1.25. The number of halogens is 2. The number of hydrogen-bond donors (Lipinski definition) is 1. The quantitative estimate of drug-likeness (QED) is 0.139. The van der Waals surface area contributed by atoms with E-state index in [-0.39, 0.29) is 17.6 Å². The predicted molar refractivity (Wildman–Crippen MR) is 222 cm³/mol. The van der Waals surface area contributed by atoms with E-state index in [2.05, 4.69) is 11.5 Å². The molecule has 6 aromatic rings. The molecule has 1 atom stereocenters. The number of aryl methyl sites for hydroxylation is 5. The first-order valence-corrected chi connectivity index (χ1v) is 20.1. The van der Waals surface area contributed by atoms with Crippen LogP contribution in [0.3, 0.4) is 0 Å². The Labute approximate surface area is 336 Å². The van der Waals surface area contributed by atoms with Gasteiger partial charge in [-0.05, 0) is 119 Å². The van der Waals surface area contributed by atoms with E-state index in [0.717, 1.165) is 84.6 Å². The molecule has 12 heteroatoms. The highest BCUT2D eigenvalue weighted by Crippen LogP contribution is 2.46. The van der Waals surface area contributed by atoms with Gasteiger partial charge in [0.1, 0.15) is 17.1 Å². The zero-order chi connectivity index (χ0) is 39.6. The molecule has 0 radical (unpaired) electrons. The summed E-state index contributed by atoms with van der Waals surface area (Å²) in [6.07, 6.45) is 2.99. The zero-order valence-electron chi connectivity index (χ0n) is 32.7. The molecule has 56 heavy (non-hydrogen) atoms. The van der Waals surface area contributed by atoms with E-state index in [1.54, 1.807) is 6.07 Å². The average Bonchev–Trinajstić information content (AvgIpc) is 3.79. The van der Waals surface area contributed by atoms with E-state index >= 15 is 4.79 Å². The number of anilines is 1. The van der Waals surface area contributed by atoms with E-state index < -0.39 is 5.97 Å².